The van der Waals surface area contributed by atoms with Crippen LogP contribution < -0.4 is 10.6 Å². The quantitative estimate of drug-likeness (QED) is 0.311. The average Bonchev–Trinajstić information content (AvgIpc) is 2.57. The monoisotopic (exact) mass is 555 g/mol. The van der Waals surface area contributed by atoms with Gasteiger partial charge in [0, 0.05) is 29.4 Å². The van der Waals surface area contributed by atoms with E-state index in [0.29, 0.717) is 40.5 Å². The third kappa shape index (κ3) is 7.42. The van der Waals surface area contributed by atoms with Gasteiger partial charge >= 0.3 is 0 Å². The minimum absolute atomic E-state index is 0. The number of nitrogens with zero attached hydrogens (tertiary/aromatic N) is 1. The lowest BCUT2D eigenvalue weighted by Crippen LogP contribution is -2.36. The van der Waals surface area contributed by atoms with Gasteiger partial charge in [-0.3, -0.25) is 0 Å². The van der Waals surface area contributed by atoms with Crippen LogP contribution in [0.5, 0.6) is 0 Å². The molecule has 154 valence electrons. The number of aryl methyl sites for hydroxylation is 1. The molecule has 0 bridgehead atoms. The zero-order chi connectivity index (χ0) is 20.0. The maximum Gasteiger partial charge on any atom is 0.191 e. The molecule has 0 aliphatic carbocycles. The van der Waals surface area contributed by atoms with E-state index in [1.807, 2.05) is 19.1 Å². The zero-order valence-electron chi connectivity index (χ0n) is 15.9. The van der Waals surface area contributed by atoms with E-state index in [4.69, 9.17) is 23.2 Å². The summed E-state index contributed by atoms with van der Waals surface area (Å²) in [6.45, 7) is 5.42. The summed E-state index contributed by atoms with van der Waals surface area (Å²) in [5.41, 5.74) is 2.57. The molecule has 0 spiro atoms. The Bertz CT molecular complexity index is 950. The lowest BCUT2D eigenvalue weighted by Gasteiger charge is -2.13. The third-order valence-corrected chi connectivity index (χ3v) is 5.71. The highest BCUT2D eigenvalue weighted by Gasteiger charge is 2.11. The minimum atomic E-state index is -3.22. The van der Waals surface area contributed by atoms with Crippen LogP contribution in [0.3, 0.4) is 0 Å². The molecule has 0 saturated carbocycles. The van der Waals surface area contributed by atoms with E-state index in [9.17, 15) is 8.42 Å². The first kappa shape index (κ1) is 25.0. The first-order valence-electron chi connectivity index (χ1n) is 8.46. The standard InChI is InChI=1S/C19H23Cl2N3O2S.HI/c1-4-22-19(24-12-15-6-7-16(20)10-17(15)21)23-11-14-5-8-18(13(2)9-14)27(3,25)26;/h5-10H,4,11-12H2,1-3H3,(H2,22,23,24);1H. The van der Waals surface area contributed by atoms with Gasteiger partial charge in [-0.2, -0.15) is 0 Å². The molecule has 0 heterocycles. The molecule has 0 atom stereocenters. The van der Waals surface area contributed by atoms with E-state index in [-0.39, 0.29) is 24.0 Å². The lowest BCUT2D eigenvalue weighted by molar-refractivity contribution is 0.601. The van der Waals surface area contributed by atoms with Crippen molar-refractivity contribution in [1.29, 1.82) is 0 Å². The SMILES string of the molecule is CCNC(=NCc1ccc(S(C)(=O)=O)c(C)c1)NCc1ccc(Cl)cc1Cl.I. The predicted molar refractivity (Wildman–Crippen MR) is 128 cm³/mol. The summed E-state index contributed by atoms with van der Waals surface area (Å²) in [5, 5.41) is 7.60. The highest BCUT2D eigenvalue weighted by atomic mass is 127. The second-order valence-corrected chi connectivity index (χ2v) is 8.98. The molecule has 0 fully saturated rings. The van der Waals surface area contributed by atoms with Crippen LogP contribution in [0.1, 0.15) is 23.6 Å². The molecule has 0 amide bonds. The lowest BCUT2D eigenvalue weighted by atomic mass is 10.1. The maximum absolute atomic E-state index is 11.7. The first-order valence-corrected chi connectivity index (χ1v) is 11.1. The Labute approximate surface area is 193 Å². The van der Waals surface area contributed by atoms with E-state index in [2.05, 4.69) is 15.6 Å². The normalized spacial score (nSPS) is 11.7. The van der Waals surface area contributed by atoms with Gasteiger partial charge in [-0.15, -0.1) is 24.0 Å². The Morgan fingerprint density at radius 1 is 1.11 bits per heavy atom. The number of nitrogens with one attached hydrogen (secondary N) is 2. The average molecular weight is 556 g/mol. The zero-order valence-corrected chi connectivity index (χ0v) is 20.6. The van der Waals surface area contributed by atoms with E-state index in [0.717, 1.165) is 16.7 Å². The van der Waals surface area contributed by atoms with Gasteiger partial charge in [-0.05, 0) is 48.7 Å². The van der Waals surface area contributed by atoms with Gasteiger partial charge < -0.3 is 10.6 Å². The van der Waals surface area contributed by atoms with Crippen LogP contribution >= 0.6 is 47.2 Å². The molecule has 2 rings (SSSR count). The molecule has 5 nitrogen and oxygen atoms in total. The summed E-state index contributed by atoms with van der Waals surface area (Å²) in [7, 11) is -3.22. The molecule has 9 heteroatoms. The minimum Gasteiger partial charge on any atom is -0.357 e. The van der Waals surface area contributed by atoms with Crippen LogP contribution in [0.4, 0.5) is 0 Å². The Kier molecular flexibility index (Phi) is 10.0. The topological polar surface area (TPSA) is 70.6 Å². The van der Waals surface area contributed by atoms with E-state index in [1.54, 1.807) is 31.2 Å². The molecule has 2 N–H and O–H groups in total. The van der Waals surface area contributed by atoms with Crippen LogP contribution in [0.15, 0.2) is 46.3 Å². The smallest absolute Gasteiger partial charge is 0.191 e. The first-order chi connectivity index (χ1) is 12.7. The van der Waals surface area contributed by atoms with Crippen molar-refractivity contribution < 1.29 is 8.42 Å². The molecule has 28 heavy (non-hydrogen) atoms. The second-order valence-electron chi connectivity index (χ2n) is 6.16. The molecule has 0 unspecified atom stereocenters. The fourth-order valence-corrected chi connectivity index (χ4v) is 4.02. The fourth-order valence-electron chi connectivity index (χ4n) is 2.58. The molecule has 0 aromatic heterocycles. The van der Waals surface area contributed by atoms with Crippen molar-refractivity contribution >= 4 is 63.0 Å². The van der Waals surface area contributed by atoms with E-state index >= 15 is 0 Å². The summed E-state index contributed by atoms with van der Waals surface area (Å²) >= 11 is 12.1. The molecule has 0 aliphatic heterocycles. The fraction of sp³-hybridized carbons (Fsp3) is 0.316. The van der Waals surface area contributed by atoms with Gasteiger partial charge in [-0.1, -0.05) is 41.4 Å². The molecule has 0 radical (unpaired) electrons. The van der Waals surface area contributed by atoms with Crippen molar-refractivity contribution in [2.45, 2.75) is 31.8 Å². The van der Waals surface area contributed by atoms with Gasteiger partial charge in [0.25, 0.3) is 0 Å². The van der Waals surface area contributed by atoms with Crippen LogP contribution in [0.2, 0.25) is 10.0 Å². The highest BCUT2D eigenvalue weighted by molar-refractivity contribution is 14.0. The number of rotatable bonds is 6. The van der Waals surface area contributed by atoms with Gasteiger partial charge in [0.15, 0.2) is 15.8 Å². The summed E-state index contributed by atoms with van der Waals surface area (Å²) in [6.07, 6.45) is 1.21. The van der Waals surface area contributed by atoms with Gasteiger partial charge in [0.1, 0.15) is 0 Å². The second kappa shape index (κ2) is 11.2. The van der Waals surface area contributed by atoms with Crippen molar-refractivity contribution in [1.82, 2.24) is 10.6 Å². The Morgan fingerprint density at radius 3 is 2.39 bits per heavy atom. The Hall–Kier alpha value is -1.03. The van der Waals surface area contributed by atoms with Gasteiger partial charge in [0.05, 0.1) is 11.4 Å². The summed E-state index contributed by atoms with van der Waals surface area (Å²) in [5.74, 6) is 0.647. The van der Waals surface area contributed by atoms with Crippen molar-refractivity contribution in [3.63, 3.8) is 0 Å². The molecule has 0 aliphatic rings. The van der Waals surface area contributed by atoms with Crippen molar-refractivity contribution in [2.75, 3.05) is 12.8 Å². The highest BCUT2D eigenvalue weighted by Crippen LogP contribution is 2.21. The third-order valence-electron chi connectivity index (χ3n) is 3.86. The molecule has 2 aromatic carbocycles. The Balaban J connectivity index is 0.00000392. The molecule has 0 saturated heterocycles. The van der Waals surface area contributed by atoms with Crippen molar-refractivity contribution in [3.05, 3.63) is 63.1 Å². The number of aliphatic imine (C=N–C) groups is 1. The maximum atomic E-state index is 11.7. The van der Waals surface area contributed by atoms with Crippen molar-refractivity contribution in [3.8, 4) is 0 Å². The predicted octanol–water partition coefficient (Wildman–Crippen LogP) is 4.58. The number of sulfone groups is 1. The number of halogens is 3. The number of hydrogen-bond donors (Lipinski definition) is 2. The molecular weight excluding hydrogens is 532 g/mol. The molecular formula is C19H24Cl2IN3O2S. The van der Waals surface area contributed by atoms with Crippen LogP contribution in [0, 0.1) is 6.92 Å². The summed E-state index contributed by atoms with van der Waals surface area (Å²) in [6, 6.07) is 10.6. The van der Waals surface area contributed by atoms with Crippen LogP contribution in [0.25, 0.3) is 0 Å². The van der Waals surface area contributed by atoms with E-state index < -0.39 is 9.84 Å². The Morgan fingerprint density at radius 2 is 1.82 bits per heavy atom. The summed E-state index contributed by atoms with van der Waals surface area (Å²) in [4.78, 5) is 4.90. The molecule has 2 aromatic rings. The van der Waals surface area contributed by atoms with Crippen molar-refractivity contribution in [2.24, 2.45) is 4.99 Å². The number of benzene rings is 2. The number of guanidine groups is 1. The largest absolute Gasteiger partial charge is 0.357 e. The summed E-state index contributed by atoms with van der Waals surface area (Å²) < 4.78 is 23.4. The van der Waals surface area contributed by atoms with Gasteiger partial charge in [-0.25, -0.2) is 13.4 Å². The van der Waals surface area contributed by atoms with Crippen LogP contribution in [-0.2, 0) is 22.9 Å². The van der Waals surface area contributed by atoms with Gasteiger partial charge in [0.2, 0.25) is 0 Å². The van der Waals surface area contributed by atoms with Crippen LogP contribution in [-0.4, -0.2) is 27.2 Å². The number of hydrogen-bond acceptors (Lipinski definition) is 3. The van der Waals surface area contributed by atoms with E-state index in [1.165, 1.54) is 6.26 Å².